The minimum Gasteiger partial charge on any atom is -0.394 e. The molecule has 0 radical (unpaired) electrons. The average Bonchev–Trinajstić information content (AvgIpc) is 2.99. The highest BCUT2D eigenvalue weighted by atomic mass is 16.7. The van der Waals surface area contributed by atoms with Crippen molar-refractivity contribution in [3.63, 3.8) is 0 Å². The summed E-state index contributed by atoms with van der Waals surface area (Å²) in [6.45, 7) is 0.866. The van der Waals surface area contributed by atoms with E-state index in [4.69, 9.17) is 9.47 Å². The molecule has 0 bridgehead atoms. The van der Waals surface area contributed by atoms with Gasteiger partial charge in [-0.15, -0.1) is 0 Å². The molecule has 0 aromatic carbocycles. The van der Waals surface area contributed by atoms with Crippen LogP contribution >= 0.6 is 0 Å². The Morgan fingerprint density at radius 3 is 1.67 bits per heavy atom. The van der Waals surface area contributed by atoms with E-state index in [-0.39, 0.29) is 6.54 Å². The number of rotatable bonds is 25. The number of hydrogen-bond donors (Lipinski definition) is 9. The maximum Gasteiger partial charge on any atom is 0.251 e. The molecule has 12 heteroatoms. The van der Waals surface area contributed by atoms with Crippen LogP contribution in [0.15, 0.2) is 0 Å². The molecule has 1 fully saturated rings. The molecule has 0 aromatic rings. The van der Waals surface area contributed by atoms with Crippen LogP contribution in [0.3, 0.4) is 0 Å². The minimum atomic E-state index is -2.04. The van der Waals surface area contributed by atoms with E-state index in [2.05, 4.69) is 12.2 Å². The van der Waals surface area contributed by atoms with Gasteiger partial charge in [0.25, 0.3) is 5.91 Å². The monoisotopic (exact) mass is 609 g/mol. The maximum atomic E-state index is 12.4. The van der Waals surface area contributed by atoms with Gasteiger partial charge in [-0.1, -0.05) is 103 Å². The molecular formula is C30H59NO11. The van der Waals surface area contributed by atoms with Crippen molar-refractivity contribution in [1.82, 2.24) is 5.32 Å². The van der Waals surface area contributed by atoms with Crippen LogP contribution in [0.2, 0.25) is 0 Å². The quantitative estimate of drug-likeness (QED) is 0.0655. The zero-order valence-electron chi connectivity index (χ0n) is 25.4. The largest absolute Gasteiger partial charge is 0.394 e. The van der Waals surface area contributed by atoms with Crippen molar-refractivity contribution in [3.05, 3.63) is 0 Å². The maximum absolute atomic E-state index is 12.4. The molecule has 1 aliphatic heterocycles. The van der Waals surface area contributed by atoms with Crippen molar-refractivity contribution >= 4 is 5.91 Å². The molecule has 1 heterocycles. The summed E-state index contributed by atoms with van der Waals surface area (Å²) in [5.41, 5.74) is 0. The average molecular weight is 610 g/mol. The van der Waals surface area contributed by atoms with Crippen LogP contribution < -0.4 is 5.32 Å². The first-order chi connectivity index (χ1) is 20.2. The second-order valence-corrected chi connectivity index (χ2v) is 11.6. The van der Waals surface area contributed by atoms with Gasteiger partial charge in [-0.2, -0.15) is 0 Å². The number of hydrogen-bond acceptors (Lipinski definition) is 11. The first-order valence-corrected chi connectivity index (χ1v) is 16.1. The molecule has 0 aliphatic carbocycles. The summed E-state index contributed by atoms with van der Waals surface area (Å²) in [5.74, 6) is -0.906. The Morgan fingerprint density at radius 1 is 0.738 bits per heavy atom. The fraction of sp³-hybridized carbons (Fsp3) is 0.967. The van der Waals surface area contributed by atoms with Crippen molar-refractivity contribution in [3.8, 4) is 0 Å². The molecule has 250 valence electrons. The summed E-state index contributed by atoms with van der Waals surface area (Å²) in [6.07, 6.45) is 3.54. The molecular weight excluding hydrogens is 550 g/mol. The fourth-order valence-electron chi connectivity index (χ4n) is 5.16. The SMILES string of the molecule is CCCCCCCCCCCCCCCCCCNC(=O)[C@H](O)[C@@H](O)[C@H](O[C@@H]1OC(CO)[C@H](O)C(O)C1O)[C@H](O)CO. The smallest absolute Gasteiger partial charge is 0.251 e. The lowest BCUT2D eigenvalue weighted by Crippen LogP contribution is -2.62. The zero-order chi connectivity index (χ0) is 31.3. The zero-order valence-corrected chi connectivity index (χ0v) is 25.4. The summed E-state index contributed by atoms with van der Waals surface area (Å²) in [7, 11) is 0. The Kier molecular flexibility index (Phi) is 21.8. The lowest BCUT2D eigenvalue weighted by molar-refractivity contribution is -0.326. The molecule has 1 aliphatic rings. The molecule has 1 amide bonds. The number of carbonyl (C=O) groups excluding carboxylic acids is 1. The third-order valence-electron chi connectivity index (χ3n) is 7.96. The van der Waals surface area contributed by atoms with E-state index in [0.29, 0.717) is 6.42 Å². The molecule has 12 nitrogen and oxygen atoms in total. The topological polar surface area (TPSA) is 209 Å². The van der Waals surface area contributed by atoms with Gasteiger partial charge >= 0.3 is 0 Å². The van der Waals surface area contributed by atoms with Gasteiger partial charge in [0.15, 0.2) is 12.4 Å². The number of unbranched alkanes of at least 4 members (excludes halogenated alkanes) is 15. The number of nitrogens with one attached hydrogen (secondary N) is 1. The van der Waals surface area contributed by atoms with Crippen molar-refractivity contribution < 1.29 is 55.1 Å². The lowest BCUT2D eigenvalue weighted by Gasteiger charge is -2.42. The number of aliphatic hydroxyl groups excluding tert-OH is 8. The van der Waals surface area contributed by atoms with Crippen molar-refractivity contribution in [1.29, 1.82) is 0 Å². The van der Waals surface area contributed by atoms with Crippen LogP contribution in [0, 0.1) is 0 Å². The van der Waals surface area contributed by atoms with Crippen LogP contribution in [0.4, 0.5) is 0 Å². The molecule has 3 unspecified atom stereocenters. The van der Waals surface area contributed by atoms with Crippen LogP contribution in [0.25, 0.3) is 0 Å². The standard InChI is InChI=1S/C30H59NO11/c1-2-3-4-5-6-7-8-9-10-11-12-13-14-15-16-17-18-31-29(40)26(38)25(37)28(21(34)19-32)42-30-27(39)24(36)23(35)22(20-33)41-30/h21-28,30,32-39H,2-20H2,1H3,(H,31,40)/t21-,22?,23+,24?,25-,26-,27?,28-,30+/m1/s1. The second kappa shape index (κ2) is 23.5. The third-order valence-corrected chi connectivity index (χ3v) is 7.96. The van der Waals surface area contributed by atoms with Gasteiger partial charge in [0.05, 0.1) is 13.2 Å². The first kappa shape index (κ1) is 39.1. The Bertz CT molecular complexity index is 671. The van der Waals surface area contributed by atoms with Crippen molar-refractivity contribution in [2.24, 2.45) is 0 Å². The van der Waals surface area contributed by atoms with E-state index >= 15 is 0 Å². The summed E-state index contributed by atoms with van der Waals surface area (Å²) >= 11 is 0. The van der Waals surface area contributed by atoms with Crippen LogP contribution in [-0.2, 0) is 14.3 Å². The minimum absolute atomic E-state index is 0.280. The van der Waals surface area contributed by atoms with Crippen LogP contribution in [-0.4, -0.2) is 122 Å². The summed E-state index contributed by atoms with van der Waals surface area (Å²) in [4.78, 5) is 12.4. The predicted octanol–water partition coefficient (Wildman–Crippen LogP) is 0.624. The van der Waals surface area contributed by atoms with Gasteiger partial charge in [0, 0.05) is 6.54 Å². The van der Waals surface area contributed by atoms with E-state index in [1.54, 1.807) is 0 Å². The second-order valence-electron chi connectivity index (χ2n) is 11.6. The fourth-order valence-corrected chi connectivity index (χ4v) is 5.16. The summed E-state index contributed by atoms with van der Waals surface area (Å²) in [6, 6.07) is 0. The number of ether oxygens (including phenoxy) is 2. The van der Waals surface area contributed by atoms with E-state index < -0.39 is 74.2 Å². The predicted molar refractivity (Wildman–Crippen MR) is 156 cm³/mol. The Balaban J connectivity index is 2.25. The van der Waals surface area contributed by atoms with Crippen LogP contribution in [0.1, 0.15) is 110 Å². The number of carbonyl (C=O) groups is 1. The molecule has 9 atom stereocenters. The molecule has 0 saturated carbocycles. The normalized spacial score (nSPS) is 25.6. The number of aliphatic hydroxyl groups is 8. The van der Waals surface area contributed by atoms with E-state index in [9.17, 15) is 45.6 Å². The third kappa shape index (κ3) is 14.7. The first-order valence-electron chi connectivity index (χ1n) is 16.1. The highest BCUT2D eigenvalue weighted by Gasteiger charge is 2.47. The van der Waals surface area contributed by atoms with Crippen molar-refractivity contribution in [2.75, 3.05) is 19.8 Å². The van der Waals surface area contributed by atoms with Gasteiger partial charge in [-0.05, 0) is 6.42 Å². The summed E-state index contributed by atoms with van der Waals surface area (Å²) in [5, 5.41) is 82.2. The highest BCUT2D eigenvalue weighted by molar-refractivity contribution is 5.81. The number of amides is 1. The van der Waals surface area contributed by atoms with E-state index in [0.717, 1.165) is 19.3 Å². The van der Waals surface area contributed by atoms with E-state index in [1.807, 2.05) is 0 Å². The molecule has 1 saturated heterocycles. The summed E-state index contributed by atoms with van der Waals surface area (Å²) < 4.78 is 10.5. The molecule has 0 spiro atoms. The molecule has 0 aromatic heterocycles. The Labute approximate surface area is 251 Å². The Morgan fingerprint density at radius 2 is 1.21 bits per heavy atom. The van der Waals surface area contributed by atoms with Gasteiger partial charge in [0.2, 0.25) is 0 Å². The van der Waals surface area contributed by atoms with E-state index in [1.165, 1.54) is 77.0 Å². The van der Waals surface area contributed by atoms with Gasteiger partial charge in [-0.3, -0.25) is 4.79 Å². The van der Waals surface area contributed by atoms with Gasteiger partial charge in [-0.25, -0.2) is 0 Å². The molecule has 42 heavy (non-hydrogen) atoms. The lowest BCUT2D eigenvalue weighted by atomic mass is 9.98. The molecule has 1 rings (SSSR count). The Hall–Kier alpha value is -0.930. The van der Waals surface area contributed by atoms with Gasteiger partial charge < -0.3 is 55.6 Å². The molecule has 9 N–H and O–H groups in total. The highest BCUT2D eigenvalue weighted by Crippen LogP contribution is 2.25. The van der Waals surface area contributed by atoms with Crippen LogP contribution in [0.5, 0.6) is 0 Å². The van der Waals surface area contributed by atoms with Gasteiger partial charge in [0.1, 0.15) is 42.7 Å². The van der Waals surface area contributed by atoms with Crippen molar-refractivity contribution in [2.45, 2.75) is 165 Å².